The molecule has 0 bridgehead atoms. The van der Waals surface area contributed by atoms with Crippen molar-refractivity contribution in [3.63, 3.8) is 0 Å². The molecule has 2 aliphatic heterocycles. The monoisotopic (exact) mass is 196 g/mol. The zero-order valence-corrected chi connectivity index (χ0v) is 9.58. The molecule has 14 heavy (non-hydrogen) atoms. The van der Waals surface area contributed by atoms with Crippen molar-refractivity contribution in [1.29, 1.82) is 0 Å². The molecule has 0 N–H and O–H groups in total. The highest BCUT2D eigenvalue weighted by Crippen LogP contribution is 2.30. The first-order valence-corrected chi connectivity index (χ1v) is 5.45. The van der Waals surface area contributed by atoms with Gasteiger partial charge in [0, 0.05) is 26.1 Å². The maximum atomic E-state index is 5.82. The van der Waals surface area contributed by atoms with E-state index in [1.165, 1.54) is 11.5 Å². The molecule has 3 nitrogen and oxygen atoms in total. The Balaban J connectivity index is 2.10. The summed E-state index contributed by atoms with van der Waals surface area (Å²) in [5.74, 6) is 1.19. The first-order chi connectivity index (χ1) is 6.59. The Morgan fingerprint density at radius 2 is 2.14 bits per heavy atom. The van der Waals surface area contributed by atoms with Crippen LogP contribution in [0.15, 0.2) is 11.5 Å². The maximum absolute atomic E-state index is 5.82. The number of rotatable bonds is 1. The van der Waals surface area contributed by atoms with Crippen LogP contribution in [0.5, 0.6) is 0 Å². The Hall–Kier alpha value is -0.700. The smallest absolute Gasteiger partial charge is 0.168 e. The van der Waals surface area contributed by atoms with Crippen molar-refractivity contribution < 1.29 is 4.74 Å². The molecule has 2 aliphatic rings. The largest absolute Gasteiger partial charge is 0.472 e. The van der Waals surface area contributed by atoms with Gasteiger partial charge < -0.3 is 9.64 Å². The second-order valence-corrected chi connectivity index (χ2v) is 4.51. The van der Waals surface area contributed by atoms with Gasteiger partial charge in [0.2, 0.25) is 0 Å². The molecule has 3 heteroatoms. The zero-order chi connectivity index (χ0) is 10.3. The minimum atomic E-state index is 0.229. The summed E-state index contributed by atoms with van der Waals surface area (Å²) in [6.45, 7) is 8.75. The van der Waals surface area contributed by atoms with Gasteiger partial charge in [0.1, 0.15) is 5.76 Å². The second kappa shape index (κ2) is 3.46. The van der Waals surface area contributed by atoms with Crippen LogP contribution in [0.1, 0.15) is 27.2 Å². The van der Waals surface area contributed by atoms with Gasteiger partial charge in [0.05, 0.1) is 12.2 Å². The lowest BCUT2D eigenvalue weighted by Crippen LogP contribution is -2.37. The SMILES string of the molecule is CC(C)N1CCC2=C(C1)OC(C)N2C. The van der Waals surface area contributed by atoms with Gasteiger partial charge in [0.25, 0.3) is 0 Å². The fraction of sp³-hybridized carbons (Fsp3) is 0.818. The lowest BCUT2D eigenvalue weighted by Gasteiger charge is -2.30. The molecule has 0 fully saturated rings. The molecular weight excluding hydrogens is 176 g/mol. The summed E-state index contributed by atoms with van der Waals surface area (Å²) in [5, 5.41) is 0. The van der Waals surface area contributed by atoms with E-state index in [2.05, 4.69) is 37.6 Å². The van der Waals surface area contributed by atoms with Crippen LogP contribution in [0.4, 0.5) is 0 Å². The van der Waals surface area contributed by atoms with Crippen LogP contribution in [-0.2, 0) is 4.74 Å². The van der Waals surface area contributed by atoms with Gasteiger partial charge in [-0.3, -0.25) is 4.90 Å². The number of ether oxygens (including phenoxy) is 1. The average molecular weight is 196 g/mol. The first kappa shape index (κ1) is 9.84. The average Bonchev–Trinajstić information content (AvgIpc) is 2.42. The van der Waals surface area contributed by atoms with E-state index in [9.17, 15) is 0 Å². The molecule has 2 rings (SSSR count). The Labute approximate surface area is 86.3 Å². The fourth-order valence-corrected chi connectivity index (χ4v) is 2.17. The van der Waals surface area contributed by atoms with Crippen LogP contribution >= 0.6 is 0 Å². The molecule has 0 spiro atoms. The summed E-state index contributed by atoms with van der Waals surface area (Å²) in [4.78, 5) is 4.72. The van der Waals surface area contributed by atoms with E-state index in [-0.39, 0.29) is 6.23 Å². The fourth-order valence-electron chi connectivity index (χ4n) is 2.17. The van der Waals surface area contributed by atoms with Crippen molar-refractivity contribution in [3.8, 4) is 0 Å². The van der Waals surface area contributed by atoms with E-state index in [1.807, 2.05) is 0 Å². The number of hydrogen-bond donors (Lipinski definition) is 0. The minimum absolute atomic E-state index is 0.229. The standard InChI is InChI=1S/C11H20N2O/c1-8(2)13-6-5-10-11(7-13)14-9(3)12(10)4/h8-9H,5-7H2,1-4H3. The third-order valence-electron chi connectivity index (χ3n) is 3.32. The molecule has 1 atom stereocenters. The number of hydrogen-bond acceptors (Lipinski definition) is 3. The minimum Gasteiger partial charge on any atom is -0.472 e. The van der Waals surface area contributed by atoms with Crippen molar-refractivity contribution in [2.75, 3.05) is 20.1 Å². The van der Waals surface area contributed by atoms with Gasteiger partial charge in [-0.15, -0.1) is 0 Å². The van der Waals surface area contributed by atoms with Crippen LogP contribution in [0.2, 0.25) is 0 Å². The molecule has 0 saturated heterocycles. The summed E-state index contributed by atoms with van der Waals surface area (Å²) in [7, 11) is 2.12. The van der Waals surface area contributed by atoms with Gasteiger partial charge >= 0.3 is 0 Å². The van der Waals surface area contributed by atoms with Gasteiger partial charge in [-0.25, -0.2) is 0 Å². The van der Waals surface area contributed by atoms with Crippen molar-refractivity contribution in [1.82, 2.24) is 9.80 Å². The Bertz CT molecular complexity index is 260. The van der Waals surface area contributed by atoms with Crippen LogP contribution in [-0.4, -0.2) is 42.2 Å². The van der Waals surface area contributed by atoms with E-state index in [0.29, 0.717) is 6.04 Å². The Morgan fingerprint density at radius 1 is 1.43 bits per heavy atom. The normalized spacial score (nSPS) is 28.4. The van der Waals surface area contributed by atoms with Gasteiger partial charge in [-0.1, -0.05) is 0 Å². The summed E-state index contributed by atoms with van der Waals surface area (Å²) >= 11 is 0. The van der Waals surface area contributed by atoms with Crippen LogP contribution in [0.25, 0.3) is 0 Å². The predicted octanol–water partition coefficient (Wildman–Crippen LogP) is 1.62. The van der Waals surface area contributed by atoms with E-state index in [4.69, 9.17) is 4.74 Å². The van der Waals surface area contributed by atoms with Gasteiger partial charge in [0.15, 0.2) is 6.23 Å². The number of nitrogens with zero attached hydrogens (tertiary/aromatic N) is 2. The van der Waals surface area contributed by atoms with Crippen LogP contribution in [0.3, 0.4) is 0 Å². The van der Waals surface area contributed by atoms with E-state index in [0.717, 1.165) is 19.5 Å². The quantitative estimate of drug-likeness (QED) is 0.634. The molecule has 0 aliphatic carbocycles. The van der Waals surface area contributed by atoms with E-state index < -0.39 is 0 Å². The molecule has 0 radical (unpaired) electrons. The third-order valence-corrected chi connectivity index (χ3v) is 3.32. The molecule has 0 saturated carbocycles. The molecule has 0 amide bonds. The third kappa shape index (κ3) is 1.50. The van der Waals surface area contributed by atoms with Gasteiger partial charge in [-0.05, 0) is 20.8 Å². The van der Waals surface area contributed by atoms with Gasteiger partial charge in [-0.2, -0.15) is 0 Å². The lowest BCUT2D eigenvalue weighted by molar-refractivity contribution is 0.0632. The topological polar surface area (TPSA) is 15.7 Å². The molecule has 0 aromatic carbocycles. The molecule has 0 aromatic heterocycles. The van der Waals surface area contributed by atoms with Crippen molar-refractivity contribution in [2.45, 2.75) is 39.5 Å². The molecule has 80 valence electrons. The molecule has 1 unspecified atom stereocenters. The zero-order valence-electron chi connectivity index (χ0n) is 9.58. The van der Waals surface area contributed by atoms with Crippen LogP contribution in [0, 0.1) is 0 Å². The highest BCUT2D eigenvalue weighted by atomic mass is 16.5. The summed E-state index contributed by atoms with van der Waals surface area (Å²) in [5.41, 5.74) is 1.41. The Morgan fingerprint density at radius 3 is 2.79 bits per heavy atom. The highest BCUT2D eigenvalue weighted by molar-refractivity contribution is 5.17. The maximum Gasteiger partial charge on any atom is 0.168 e. The predicted molar refractivity (Wildman–Crippen MR) is 56.7 cm³/mol. The van der Waals surface area contributed by atoms with Crippen molar-refractivity contribution in [3.05, 3.63) is 11.5 Å². The molecule has 0 aromatic rings. The first-order valence-electron chi connectivity index (χ1n) is 5.45. The molecule has 2 heterocycles. The summed E-state index contributed by atoms with van der Waals surface area (Å²) < 4.78 is 5.82. The van der Waals surface area contributed by atoms with Crippen molar-refractivity contribution in [2.24, 2.45) is 0 Å². The lowest BCUT2D eigenvalue weighted by atomic mass is 10.1. The summed E-state index contributed by atoms with van der Waals surface area (Å²) in [6.07, 6.45) is 1.36. The van der Waals surface area contributed by atoms with E-state index in [1.54, 1.807) is 0 Å². The Kier molecular flexibility index (Phi) is 2.43. The van der Waals surface area contributed by atoms with Crippen molar-refractivity contribution >= 4 is 0 Å². The summed E-state index contributed by atoms with van der Waals surface area (Å²) in [6, 6.07) is 0.619. The highest BCUT2D eigenvalue weighted by Gasteiger charge is 2.32. The van der Waals surface area contributed by atoms with Crippen LogP contribution < -0.4 is 0 Å². The second-order valence-electron chi connectivity index (χ2n) is 4.51. The van der Waals surface area contributed by atoms with E-state index >= 15 is 0 Å². The molecular formula is C11H20N2O.